The minimum absolute atomic E-state index is 0.0687. The topological polar surface area (TPSA) is 89.4 Å². The van der Waals surface area contributed by atoms with Crippen molar-refractivity contribution in [1.29, 1.82) is 0 Å². The number of aromatic nitrogens is 3. The van der Waals surface area contributed by atoms with Crippen molar-refractivity contribution in [3.63, 3.8) is 0 Å². The number of carbonyl (C=O) groups excluding carboxylic acids is 2. The van der Waals surface area contributed by atoms with Gasteiger partial charge in [-0.05, 0) is 60.7 Å². The highest BCUT2D eigenvalue weighted by Crippen LogP contribution is 2.32. The van der Waals surface area contributed by atoms with Crippen LogP contribution in [-0.4, -0.2) is 40.5 Å². The van der Waals surface area contributed by atoms with Gasteiger partial charge in [0.2, 0.25) is 11.8 Å². The summed E-state index contributed by atoms with van der Waals surface area (Å²) < 4.78 is 6.90. The predicted octanol–water partition coefficient (Wildman–Crippen LogP) is 4.69. The summed E-state index contributed by atoms with van der Waals surface area (Å²) in [5.41, 5.74) is 3.69. The van der Waals surface area contributed by atoms with Crippen molar-refractivity contribution >= 4 is 28.5 Å². The smallest absolute Gasteiger partial charge is 0.249 e. The third-order valence-electron chi connectivity index (χ3n) is 6.31. The SMILES string of the molecule is COc1ccc(C(C(=O)NCCC(C)C)N(C(=O)Cn2nnc3ccccc32)c2ccccc2C)cc1. The molecule has 2 amide bonds. The summed E-state index contributed by atoms with van der Waals surface area (Å²) in [6, 6.07) is 21.4. The summed E-state index contributed by atoms with van der Waals surface area (Å²) in [5.74, 6) is 0.593. The number of anilines is 1. The Morgan fingerprint density at radius 3 is 2.41 bits per heavy atom. The van der Waals surface area contributed by atoms with Crippen LogP contribution in [0.3, 0.4) is 0 Å². The lowest BCUT2D eigenvalue weighted by molar-refractivity contribution is -0.127. The van der Waals surface area contributed by atoms with E-state index in [0.29, 0.717) is 35.0 Å². The highest BCUT2D eigenvalue weighted by molar-refractivity contribution is 6.02. The van der Waals surface area contributed by atoms with Crippen molar-refractivity contribution in [2.45, 2.75) is 39.8 Å². The molecule has 192 valence electrons. The first-order chi connectivity index (χ1) is 17.9. The number of aryl methyl sites for hydroxylation is 1. The van der Waals surface area contributed by atoms with Gasteiger partial charge in [-0.2, -0.15) is 0 Å². The largest absolute Gasteiger partial charge is 0.497 e. The van der Waals surface area contributed by atoms with Crippen LogP contribution in [0.4, 0.5) is 5.69 Å². The van der Waals surface area contributed by atoms with E-state index in [1.165, 1.54) is 0 Å². The van der Waals surface area contributed by atoms with E-state index in [0.717, 1.165) is 17.5 Å². The molecule has 0 saturated carbocycles. The van der Waals surface area contributed by atoms with Gasteiger partial charge in [0.15, 0.2) is 0 Å². The van der Waals surface area contributed by atoms with Crippen molar-refractivity contribution in [1.82, 2.24) is 20.3 Å². The van der Waals surface area contributed by atoms with E-state index >= 15 is 0 Å². The Morgan fingerprint density at radius 2 is 1.70 bits per heavy atom. The maximum atomic E-state index is 14.1. The Morgan fingerprint density at radius 1 is 1.00 bits per heavy atom. The van der Waals surface area contributed by atoms with Crippen LogP contribution in [0.5, 0.6) is 5.75 Å². The number of fused-ring (bicyclic) bond motifs is 1. The van der Waals surface area contributed by atoms with E-state index in [9.17, 15) is 9.59 Å². The van der Waals surface area contributed by atoms with E-state index in [-0.39, 0.29) is 18.4 Å². The second kappa shape index (κ2) is 11.7. The third kappa shape index (κ3) is 5.97. The maximum absolute atomic E-state index is 14.1. The molecule has 1 atom stereocenters. The molecule has 0 fully saturated rings. The number of benzene rings is 3. The summed E-state index contributed by atoms with van der Waals surface area (Å²) in [4.78, 5) is 29.4. The van der Waals surface area contributed by atoms with Crippen LogP contribution >= 0.6 is 0 Å². The second-order valence-electron chi connectivity index (χ2n) is 9.44. The molecule has 3 aromatic carbocycles. The van der Waals surface area contributed by atoms with E-state index in [2.05, 4.69) is 29.5 Å². The Balaban J connectivity index is 1.77. The predicted molar refractivity (Wildman–Crippen MR) is 144 cm³/mol. The van der Waals surface area contributed by atoms with E-state index < -0.39 is 6.04 Å². The molecule has 4 aromatic rings. The Kier molecular flexibility index (Phi) is 8.18. The first kappa shape index (κ1) is 25.9. The maximum Gasteiger partial charge on any atom is 0.249 e. The van der Waals surface area contributed by atoms with Crippen LogP contribution in [0.15, 0.2) is 72.8 Å². The van der Waals surface area contributed by atoms with Crippen molar-refractivity contribution in [2.75, 3.05) is 18.6 Å². The van der Waals surface area contributed by atoms with Gasteiger partial charge in [0, 0.05) is 12.2 Å². The number of hydrogen-bond acceptors (Lipinski definition) is 5. The van der Waals surface area contributed by atoms with Gasteiger partial charge in [0.1, 0.15) is 23.9 Å². The van der Waals surface area contributed by atoms with Crippen LogP contribution in [0.2, 0.25) is 0 Å². The molecule has 0 radical (unpaired) electrons. The first-order valence-corrected chi connectivity index (χ1v) is 12.5. The molecular formula is C29H33N5O3. The summed E-state index contributed by atoms with van der Waals surface area (Å²) in [6.45, 7) is 6.60. The molecule has 4 rings (SSSR count). The van der Waals surface area contributed by atoms with E-state index in [1.54, 1.807) is 28.8 Å². The average molecular weight is 500 g/mol. The molecule has 0 aliphatic rings. The molecule has 0 spiro atoms. The number of amides is 2. The molecule has 0 bridgehead atoms. The Bertz CT molecular complexity index is 1360. The van der Waals surface area contributed by atoms with Gasteiger partial charge in [-0.15, -0.1) is 5.10 Å². The number of ether oxygens (including phenoxy) is 1. The lowest BCUT2D eigenvalue weighted by Gasteiger charge is -2.32. The van der Waals surface area contributed by atoms with Crippen LogP contribution in [0.25, 0.3) is 11.0 Å². The second-order valence-corrected chi connectivity index (χ2v) is 9.44. The van der Waals surface area contributed by atoms with Gasteiger partial charge >= 0.3 is 0 Å². The molecule has 0 aliphatic heterocycles. The van der Waals surface area contributed by atoms with Gasteiger partial charge in [-0.1, -0.05) is 61.5 Å². The van der Waals surface area contributed by atoms with E-state index in [4.69, 9.17) is 4.74 Å². The summed E-state index contributed by atoms with van der Waals surface area (Å²) >= 11 is 0. The molecule has 8 nitrogen and oxygen atoms in total. The molecule has 1 N–H and O–H groups in total. The molecule has 1 aromatic heterocycles. The third-order valence-corrected chi connectivity index (χ3v) is 6.31. The molecule has 0 saturated heterocycles. The van der Waals surface area contributed by atoms with Crippen molar-refractivity contribution < 1.29 is 14.3 Å². The molecule has 37 heavy (non-hydrogen) atoms. The average Bonchev–Trinajstić information content (AvgIpc) is 3.30. The van der Waals surface area contributed by atoms with Crippen LogP contribution < -0.4 is 15.0 Å². The van der Waals surface area contributed by atoms with Gasteiger partial charge in [-0.25, -0.2) is 4.68 Å². The lowest BCUT2D eigenvalue weighted by Crippen LogP contribution is -2.46. The summed E-state index contributed by atoms with van der Waals surface area (Å²) in [5, 5.41) is 11.4. The number of carbonyl (C=O) groups is 2. The number of para-hydroxylation sites is 2. The van der Waals surface area contributed by atoms with Crippen LogP contribution in [0, 0.1) is 12.8 Å². The van der Waals surface area contributed by atoms with Crippen LogP contribution in [-0.2, 0) is 16.1 Å². The lowest BCUT2D eigenvalue weighted by atomic mass is 10.0. The van der Waals surface area contributed by atoms with Crippen LogP contribution in [0.1, 0.15) is 37.4 Å². The monoisotopic (exact) mass is 499 g/mol. The molecule has 1 heterocycles. The Labute approximate surface area is 217 Å². The standard InChI is InChI=1S/C29H33N5O3/c1-20(2)17-18-30-29(36)28(22-13-15-23(37-4)16-14-22)34(25-11-7-5-9-21(25)3)27(35)19-33-26-12-8-6-10-24(26)31-32-33/h5-16,20,28H,17-19H2,1-4H3,(H,30,36). The molecule has 8 heteroatoms. The van der Waals surface area contributed by atoms with Crippen molar-refractivity contribution in [3.05, 3.63) is 83.9 Å². The minimum Gasteiger partial charge on any atom is -0.497 e. The number of nitrogens with zero attached hydrogens (tertiary/aromatic N) is 4. The zero-order valence-corrected chi connectivity index (χ0v) is 21.7. The summed E-state index contributed by atoms with van der Waals surface area (Å²) in [6.07, 6.45) is 0.838. The number of methoxy groups -OCH3 is 1. The normalized spacial score (nSPS) is 11.9. The number of nitrogens with one attached hydrogen (secondary N) is 1. The fourth-order valence-electron chi connectivity index (χ4n) is 4.27. The van der Waals surface area contributed by atoms with Gasteiger partial charge in [0.25, 0.3) is 0 Å². The zero-order chi connectivity index (χ0) is 26.4. The minimum atomic E-state index is -0.888. The van der Waals surface area contributed by atoms with Crippen molar-refractivity contribution in [2.24, 2.45) is 5.92 Å². The quantitative estimate of drug-likeness (QED) is 0.342. The van der Waals surface area contributed by atoms with Gasteiger partial charge in [0.05, 0.1) is 12.6 Å². The number of rotatable bonds is 10. The van der Waals surface area contributed by atoms with Crippen molar-refractivity contribution in [3.8, 4) is 5.75 Å². The fourth-order valence-corrected chi connectivity index (χ4v) is 4.27. The molecule has 0 aliphatic carbocycles. The highest BCUT2D eigenvalue weighted by Gasteiger charge is 2.34. The highest BCUT2D eigenvalue weighted by atomic mass is 16.5. The fraction of sp³-hybridized carbons (Fsp3) is 0.310. The molecule has 1 unspecified atom stereocenters. The number of hydrogen-bond donors (Lipinski definition) is 1. The Hall–Kier alpha value is -4.20. The molecular weight excluding hydrogens is 466 g/mol. The first-order valence-electron chi connectivity index (χ1n) is 12.5. The van der Waals surface area contributed by atoms with Gasteiger partial charge < -0.3 is 10.1 Å². The zero-order valence-electron chi connectivity index (χ0n) is 21.7. The van der Waals surface area contributed by atoms with E-state index in [1.807, 2.05) is 67.6 Å². The summed E-state index contributed by atoms with van der Waals surface area (Å²) in [7, 11) is 1.59. The van der Waals surface area contributed by atoms with Gasteiger partial charge in [-0.3, -0.25) is 14.5 Å².